The maximum atomic E-state index is 12.6. The van der Waals surface area contributed by atoms with E-state index in [0.717, 1.165) is 11.6 Å². The number of ether oxygens (including phenoxy) is 4. The Morgan fingerprint density at radius 2 is 1.57 bits per heavy atom. The number of nitrogens with zero attached hydrogens (tertiary/aromatic N) is 1. The van der Waals surface area contributed by atoms with Crippen molar-refractivity contribution < 1.29 is 33.8 Å². The first-order chi connectivity index (χ1) is 17.8. The van der Waals surface area contributed by atoms with Crippen LogP contribution in [0.5, 0.6) is 28.7 Å². The molecule has 0 aliphatic heterocycles. The minimum absolute atomic E-state index is 0.0528. The van der Waals surface area contributed by atoms with Crippen LogP contribution in [0.25, 0.3) is 12.2 Å². The fourth-order valence-corrected chi connectivity index (χ4v) is 3.56. The quantitative estimate of drug-likeness (QED) is 0.0887. The molecule has 0 heterocycles. The Balaban J connectivity index is 1.93. The molecule has 0 aromatic heterocycles. The third kappa shape index (κ3) is 5.99. The fraction of sp³-hybridized carbons (Fsp3) is 0.148. The van der Waals surface area contributed by atoms with Gasteiger partial charge in [-0.05, 0) is 35.9 Å². The second-order valence-electron chi connectivity index (χ2n) is 7.49. The van der Waals surface area contributed by atoms with E-state index < -0.39 is 10.7 Å². The Hall–Kier alpha value is -4.99. The zero-order valence-electron chi connectivity index (χ0n) is 20.7. The fourth-order valence-electron chi connectivity index (χ4n) is 3.56. The number of anilines is 1. The predicted molar refractivity (Wildman–Crippen MR) is 140 cm³/mol. The molecule has 3 rings (SSSR count). The molecular formula is C27H26N2O8. The summed E-state index contributed by atoms with van der Waals surface area (Å²) in [7, 11) is 5.97. The molecule has 3 aromatic rings. The number of aromatic hydroxyl groups is 1. The zero-order chi connectivity index (χ0) is 26.9. The summed E-state index contributed by atoms with van der Waals surface area (Å²) in [6, 6.07) is 12.5. The van der Waals surface area contributed by atoms with Gasteiger partial charge in [-0.3, -0.25) is 14.9 Å². The van der Waals surface area contributed by atoms with Crippen LogP contribution in [0.15, 0.2) is 60.8 Å². The molecule has 0 amide bonds. The van der Waals surface area contributed by atoms with Crippen molar-refractivity contribution in [1.29, 1.82) is 0 Å². The van der Waals surface area contributed by atoms with E-state index in [-0.39, 0.29) is 28.4 Å². The number of methoxy groups -OCH3 is 4. The number of hydrogen-bond acceptors (Lipinski definition) is 9. The third-order valence-electron chi connectivity index (χ3n) is 5.36. The lowest BCUT2D eigenvalue weighted by Crippen LogP contribution is -2.02. The van der Waals surface area contributed by atoms with Crippen LogP contribution in [0.1, 0.15) is 21.5 Å². The summed E-state index contributed by atoms with van der Waals surface area (Å²) in [5.41, 5.74) is 1.21. The van der Waals surface area contributed by atoms with Gasteiger partial charge < -0.3 is 29.4 Å². The predicted octanol–water partition coefficient (Wildman–Crippen LogP) is 5.31. The van der Waals surface area contributed by atoms with E-state index >= 15 is 0 Å². The van der Waals surface area contributed by atoms with Crippen molar-refractivity contribution in [2.75, 3.05) is 33.8 Å². The first-order valence-corrected chi connectivity index (χ1v) is 10.9. The smallest absolute Gasteiger partial charge is 0.280 e. The molecule has 0 aliphatic rings. The number of hydrogen-bond donors (Lipinski definition) is 2. The van der Waals surface area contributed by atoms with E-state index in [9.17, 15) is 20.0 Å². The maximum Gasteiger partial charge on any atom is 0.280 e. The molecule has 0 fully saturated rings. The first kappa shape index (κ1) is 26.6. The number of allylic oxidation sites excluding steroid dienone is 1. The van der Waals surface area contributed by atoms with Crippen molar-refractivity contribution in [3.63, 3.8) is 0 Å². The number of phenols is 1. The Kier molecular flexibility index (Phi) is 8.71. The Labute approximate surface area is 213 Å². The highest BCUT2D eigenvalue weighted by Crippen LogP contribution is 2.40. The molecule has 0 aliphatic carbocycles. The number of nitro groups is 1. The van der Waals surface area contributed by atoms with Crippen molar-refractivity contribution in [2.24, 2.45) is 0 Å². The van der Waals surface area contributed by atoms with Crippen LogP contribution in [0.3, 0.4) is 0 Å². The molecule has 37 heavy (non-hydrogen) atoms. The highest BCUT2D eigenvalue weighted by Gasteiger charge is 2.17. The van der Waals surface area contributed by atoms with Gasteiger partial charge >= 0.3 is 0 Å². The van der Waals surface area contributed by atoms with Crippen molar-refractivity contribution in [2.45, 2.75) is 0 Å². The second-order valence-corrected chi connectivity index (χ2v) is 7.49. The summed E-state index contributed by atoms with van der Waals surface area (Å²) < 4.78 is 21.3. The number of para-hydroxylation sites is 1. The van der Waals surface area contributed by atoms with Crippen molar-refractivity contribution >= 4 is 29.3 Å². The van der Waals surface area contributed by atoms with Gasteiger partial charge in [-0.15, -0.1) is 0 Å². The Morgan fingerprint density at radius 3 is 2.16 bits per heavy atom. The molecule has 10 heteroatoms. The van der Waals surface area contributed by atoms with Crippen LogP contribution >= 0.6 is 0 Å². The SMILES string of the molecule is COc1ccc(C=Cc2cc(OC)c(OC)c(OC)c2)c(NC=CC(=O)c2ccccc2[N+](=O)[O-])c1O. The van der Waals surface area contributed by atoms with Gasteiger partial charge in [0.25, 0.3) is 5.69 Å². The molecule has 3 aromatic carbocycles. The van der Waals surface area contributed by atoms with Gasteiger partial charge in [-0.2, -0.15) is 0 Å². The van der Waals surface area contributed by atoms with E-state index in [0.29, 0.717) is 22.8 Å². The molecule has 10 nitrogen and oxygen atoms in total. The van der Waals surface area contributed by atoms with Crippen LogP contribution in [-0.2, 0) is 0 Å². The number of carbonyl (C=O) groups excluding carboxylic acids is 1. The summed E-state index contributed by atoms with van der Waals surface area (Å²) in [6.07, 6.45) is 5.96. The molecule has 0 atom stereocenters. The first-order valence-electron chi connectivity index (χ1n) is 10.9. The van der Waals surface area contributed by atoms with E-state index in [1.807, 2.05) is 0 Å². The van der Waals surface area contributed by atoms with E-state index in [1.165, 1.54) is 52.8 Å². The van der Waals surface area contributed by atoms with Crippen molar-refractivity contribution in [1.82, 2.24) is 0 Å². The zero-order valence-corrected chi connectivity index (χ0v) is 20.7. The summed E-state index contributed by atoms with van der Waals surface area (Å²) >= 11 is 0. The molecule has 0 radical (unpaired) electrons. The third-order valence-corrected chi connectivity index (χ3v) is 5.36. The second kappa shape index (κ2) is 12.1. The summed E-state index contributed by atoms with van der Waals surface area (Å²) in [4.78, 5) is 23.2. The van der Waals surface area contributed by atoms with E-state index in [2.05, 4.69) is 5.32 Å². The number of rotatable bonds is 11. The van der Waals surface area contributed by atoms with Crippen LogP contribution in [0.2, 0.25) is 0 Å². The van der Waals surface area contributed by atoms with Gasteiger partial charge in [-0.25, -0.2) is 0 Å². The number of phenolic OH excluding ortho intramolecular Hbond substituents is 1. The Bertz CT molecular complexity index is 1340. The van der Waals surface area contributed by atoms with Crippen LogP contribution in [0, 0.1) is 10.1 Å². The summed E-state index contributed by atoms with van der Waals surface area (Å²) in [5, 5.41) is 24.8. The maximum absolute atomic E-state index is 12.6. The van der Waals surface area contributed by atoms with Gasteiger partial charge in [0.2, 0.25) is 5.75 Å². The van der Waals surface area contributed by atoms with Gasteiger partial charge in [0.1, 0.15) is 0 Å². The number of nitro benzene ring substituents is 1. The van der Waals surface area contributed by atoms with E-state index in [4.69, 9.17) is 18.9 Å². The molecule has 192 valence electrons. The molecule has 2 N–H and O–H groups in total. The lowest BCUT2D eigenvalue weighted by molar-refractivity contribution is -0.385. The lowest BCUT2D eigenvalue weighted by Gasteiger charge is -2.13. The monoisotopic (exact) mass is 506 g/mol. The average Bonchev–Trinajstić information content (AvgIpc) is 2.92. The number of carbonyl (C=O) groups is 1. The number of nitrogens with one attached hydrogen (secondary N) is 1. The largest absolute Gasteiger partial charge is 0.503 e. The van der Waals surface area contributed by atoms with E-state index in [1.54, 1.807) is 42.5 Å². The van der Waals surface area contributed by atoms with Gasteiger partial charge in [-0.1, -0.05) is 24.3 Å². The van der Waals surface area contributed by atoms with Crippen molar-refractivity contribution in [3.05, 3.63) is 87.6 Å². The van der Waals surface area contributed by atoms with Crippen LogP contribution in [0.4, 0.5) is 11.4 Å². The van der Waals surface area contributed by atoms with Gasteiger partial charge in [0.15, 0.2) is 28.8 Å². The molecule has 0 spiro atoms. The topological polar surface area (TPSA) is 129 Å². The highest BCUT2D eigenvalue weighted by atomic mass is 16.6. The highest BCUT2D eigenvalue weighted by molar-refractivity contribution is 6.07. The van der Waals surface area contributed by atoms with Crippen LogP contribution in [-0.4, -0.2) is 44.3 Å². The average molecular weight is 507 g/mol. The summed E-state index contributed by atoms with van der Waals surface area (Å²) in [6.45, 7) is 0. The molecular weight excluding hydrogens is 480 g/mol. The molecule has 0 bridgehead atoms. The molecule has 0 saturated carbocycles. The Morgan fingerprint density at radius 1 is 0.919 bits per heavy atom. The minimum atomic E-state index is -0.617. The minimum Gasteiger partial charge on any atom is -0.503 e. The molecule has 0 unspecified atom stereocenters. The normalized spacial score (nSPS) is 10.9. The van der Waals surface area contributed by atoms with Gasteiger partial charge in [0.05, 0.1) is 44.6 Å². The van der Waals surface area contributed by atoms with Gasteiger partial charge in [0, 0.05) is 23.9 Å². The number of benzene rings is 3. The summed E-state index contributed by atoms with van der Waals surface area (Å²) in [5.74, 6) is 0.878. The standard InChI is InChI=1S/C27H26N2O8/c1-34-22-12-11-18(10-9-17-15-23(35-2)27(37-4)24(16-17)36-3)25(26(22)31)28-14-13-21(30)19-7-5-6-8-20(19)29(32)33/h5-16,28,31H,1-4H3. The van der Waals surface area contributed by atoms with Crippen molar-refractivity contribution in [3.8, 4) is 28.7 Å². The number of ketones is 1. The molecule has 0 saturated heterocycles. The van der Waals surface area contributed by atoms with Crippen LogP contribution < -0.4 is 24.3 Å². The lowest BCUT2D eigenvalue weighted by atomic mass is 10.1.